The molecule has 2 N–H and O–H groups in total. The number of aromatic hydroxyl groups is 2. The fourth-order valence-electron chi connectivity index (χ4n) is 2.05. The van der Waals surface area contributed by atoms with Crippen LogP contribution in [0.2, 0.25) is 0 Å². The van der Waals surface area contributed by atoms with Gasteiger partial charge >= 0.3 is 0 Å². The van der Waals surface area contributed by atoms with Crippen LogP contribution < -0.4 is 0 Å². The first-order valence-corrected chi connectivity index (χ1v) is 6.42. The van der Waals surface area contributed by atoms with Gasteiger partial charge in [-0.1, -0.05) is 30.3 Å². The molecule has 0 aliphatic carbocycles. The number of rotatable bonds is 4. The first-order chi connectivity index (χ1) is 8.74. The summed E-state index contributed by atoms with van der Waals surface area (Å²) in [6, 6.07) is 12.4. The lowest BCUT2D eigenvalue weighted by molar-refractivity contribution is 0.468. The molecule has 18 heavy (non-hydrogen) atoms. The van der Waals surface area contributed by atoms with E-state index < -0.39 is 0 Å². The van der Waals surface area contributed by atoms with Gasteiger partial charge in [-0.25, -0.2) is 0 Å². The number of halogens is 1. The number of para-hydroxylation sites is 1. The summed E-state index contributed by atoms with van der Waals surface area (Å²) in [6.07, 6.45) is 1.62. The van der Waals surface area contributed by atoms with Gasteiger partial charge in [0.05, 0.1) is 0 Å². The largest absolute Gasteiger partial charge is 0.507 e. The van der Waals surface area contributed by atoms with Crippen LogP contribution in [0.15, 0.2) is 42.5 Å². The molecule has 2 aromatic rings. The molecule has 0 fully saturated rings. The van der Waals surface area contributed by atoms with Crippen LogP contribution in [-0.4, -0.2) is 16.1 Å². The Labute approximate surface area is 111 Å². The van der Waals surface area contributed by atoms with Crippen molar-refractivity contribution in [3.8, 4) is 22.6 Å². The summed E-state index contributed by atoms with van der Waals surface area (Å²) < 4.78 is 0. The highest BCUT2D eigenvalue weighted by Crippen LogP contribution is 2.38. The SMILES string of the molecule is Oc1ccccc1-c1c(O)cccc1CCCCl. The van der Waals surface area contributed by atoms with Crippen molar-refractivity contribution in [3.05, 3.63) is 48.0 Å². The Balaban J connectivity index is 2.52. The van der Waals surface area contributed by atoms with Crippen molar-refractivity contribution in [2.75, 3.05) is 5.88 Å². The zero-order valence-corrected chi connectivity index (χ0v) is 10.7. The van der Waals surface area contributed by atoms with Crippen LogP contribution in [0.4, 0.5) is 0 Å². The molecule has 0 radical (unpaired) electrons. The van der Waals surface area contributed by atoms with Crippen LogP contribution in [0.5, 0.6) is 11.5 Å². The maximum Gasteiger partial charge on any atom is 0.123 e. The third kappa shape index (κ3) is 2.59. The number of hydrogen-bond donors (Lipinski definition) is 2. The van der Waals surface area contributed by atoms with Crippen LogP contribution in [0.1, 0.15) is 12.0 Å². The van der Waals surface area contributed by atoms with Gasteiger partial charge in [-0.15, -0.1) is 11.6 Å². The van der Waals surface area contributed by atoms with E-state index in [2.05, 4.69) is 0 Å². The van der Waals surface area contributed by atoms with E-state index >= 15 is 0 Å². The second-order valence-electron chi connectivity index (χ2n) is 4.12. The van der Waals surface area contributed by atoms with Crippen LogP contribution in [0.3, 0.4) is 0 Å². The van der Waals surface area contributed by atoms with E-state index in [1.807, 2.05) is 18.2 Å². The summed E-state index contributed by atoms with van der Waals surface area (Å²) in [5.74, 6) is 0.935. The number of alkyl halides is 1. The fraction of sp³-hybridized carbons (Fsp3) is 0.200. The van der Waals surface area contributed by atoms with Gasteiger partial charge in [-0.3, -0.25) is 0 Å². The van der Waals surface area contributed by atoms with Gasteiger partial charge in [-0.2, -0.15) is 0 Å². The van der Waals surface area contributed by atoms with Crippen molar-refractivity contribution in [1.82, 2.24) is 0 Å². The third-order valence-electron chi connectivity index (χ3n) is 2.88. The molecule has 0 saturated heterocycles. The highest BCUT2D eigenvalue weighted by atomic mass is 35.5. The summed E-state index contributed by atoms with van der Waals surface area (Å²) in [5.41, 5.74) is 2.35. The Morgan fingerprint density at radius 3 is 2.33 bits per heavy atom. The van der Waals surface area contributed by atoms with E-state index in [0.717, 1.165) is 18.4 Å². The molecule has 0 heterocycles. The number of aryl methyl sites for hydroxylation is 1. The lowest BCUT2D eigenvalue weighted by Gasteiger charge is -2.12. The fourth-order valence-corrected chi connectivity index (χ4v) is 2.18. The maximum atomic E-state index is 10.0. The van der Waals surface area contributed by atoms with E-state index in [1.54, 1.807) is 24.3 Å². The molecule has 0 atom stereocenters. The summed E-state index contributed by atoms with van der Waals surface area (Å²) in [7, 11) is 0. The zero-order chi connectivity index (χ0) is 13.0. The van der Waals surface area contributed by atoms with E-state index in [1.165, 1.54) is 0 Å². The molecule has 0 spiro atoms. The Bertz CT molecular complexity index is 538. The van der Waals surface area contributed by atoms with Gasteiger partial charge in [0.2, 0.25) is 0 Å². The van der Waals surface area contributed by atoms with Crippen LogP contribution in [0.25, 0.3) is 11.1 Å². The van der Waals surface area contributed by atoms with Gasteiger partial charge in [0.1, 0.15) is 11.5 Å². The minimum absolute atomic E-state index is 0.172. The lowest BCUT2D eigenvalue weighted by atomic mass is 9.95. The average molecular weight is 263 g/mol. The Kier molecular flexibility index (Phi) is 4.11. The Morgan fingerprint density at radius 2 is 1.61 bits per heavy atom. The van der Waals surface area contributed by atoms with Gasteiger partial charge in [0, 0.05) is 17.0 Å². The van der Waals surface area contributed by atoms with E-state index in [-0.39, 0.29) is 11.5 Å². The lowest BCUT2D eigenvalue weighted by Crippen LogP contribution is -1.92. The normalized spacial score (nSPS) is 10.5. The number of phenols is 2. The van der Waals surface area contributed by atoms with Gasteiger partial charge < -0.3 is 10.2 Å². The molecule has 0 bridgehead atoms. The van der Waals surface area contributed by atoms with Crippen LogP contribution in [-0.2, 0) is 6.42 Å². The summed E-state index contributed by atoms with van der Waals surface area (Å²) in [4.78, 5) is 0. The van der Waals surface area contributed by atoms with Crippen molar-refractivity contribution < 1.29 is 10.2 Å². The standard InChI is InChI=1S/C15H15ClO2/c16-10-4-6-11-5-3-9-14(18)15(11)12-7-1-2-8-13(12)17/h1-3,5,7-9,17-18H,4,6,10H2. The van der Waals surface area contributed by atoms with Crippen molar-refractivity contribution >= 4 is 11.6 Å². The molecule has 2 rings (SSSR count). The van der Waals surface area contributed by atoms with Crippen molar-refractivity contribution in [3.63, 3.8) is 0 Å². The quantitative estimate of drug-likeness (QED) is 0.820. The smallest absolute Gasteiger partial charge is 0.123 e. The second kappa shape index (κ2) is 5.78. The molecule has 0 unspecified atom stereocenters. The maximum absolute atomic E-state index is 10.0. The molecule has 2 aromatic carbocycles. The van der Waals surface area contributed by atoms with Gasteiger partial charge in [-0.05, 0) is 30.5 Å². The van der Waals surface area contributed by atoms with E-state index in [0.29, 0.717) is 17.0 Å². The van der Waals surface area contributed by atoms with Crippen LogP contribution >= 0.6 is 11.6 Å². The molecular weight excluding hydrogens is 248 g/mol. The average Bonchev–Trinajstić information content (AvgIpc) is 2.38. The predicted molar refractivity (Wildman–Crippen MR) is 74.2 cm³/mol. The second-order valence-corrected chi connectivity index (χ2v) is 4.50. The van der Waals surface area contributed by atoms with E-state index in [9.17, 15) is 10.2 Å². The topological polar surface area (TPSA) is 40.5 Å². The van der Waals surface area contributed by atoms with E-state index in [4.69, 9.17) is 11.6 Å². The van der Waals surface area contributed by atoms with Crippen molar-refractivity contribution in [2.45, 2.75) is 12.8 Å². The number of phenolic OH excluding ortho intramolecular Hbond substituents is 2. The highest BCUT2D eigenvalue weighted by molar-refractivity contribution is 6.17. The van der Waals surface area contributed by atoms with Gasteiger partial charge in [0.15, 0.2) is 0 Å². The molecule has 0 amide bonds. The first-order valence-electron chi connectivity index (χ1n) is 5.89. The third-order valence-corrected chi connectivity index (χ3v) is 3.15. The van der Waals surface area contributed by atoms with Gasteiger partial charge in [0.25, 0.3) is 0 Å². The number of benzene rings is 2. The molecular formula is C15H15ClO2. The minimum atomic E-state index is 0.172. The molecule has 0 aliphatic rings. The monoisotopic (exact) mass is 262 g/mol. The first kappa shape index (κ1) is 12.8. The van der Waals surface area contributed by atoms with Crippen molar-refractivity contribution in [2.24, 2.45) is 0 Å². The Morgan fingerprint density at radius 1 is 0.889 bits per heavy atom. The molecule has 0 aromatic heterocycles. The molecule has 0 aliphatic heterocycles. The number of hydrogen-bond acceptors (Lipinski definition) is 2. The summed E-state index contributed by atoms with van der Waals surface area (Å²) >= 11 is 5.71. The summed E-state index contributed by atoms with van der Waals surface area (Å²) in [6.45, 7) is 0. The zero-order valence-electron chi connectivity index (χ0n) is 9.94. The Hall–Kier alpha value is -1.67. The highest BCUT2D eigenvalue weighted by Gasteiger charge is 2.12. The van der Waals surface area contributed by atoms with Crippen molar-refractivity contribution in [1.29, 1.82) is 0 Å². The predicted octanol–water partition coefficient (Wildman–Crippen LogP) is 3.94. The molecule has 0 saturated carbocycles. The molecule has 3 heteroatoms. The molecule has 94 valence electrons. The minimum Gasteiger partial charge on any atom is -0.507 e. The summed E-state index contributed by atoms with van der Waals surface area (Å²) in [5, 5.41) is 19.9. The van der Waals surface area contributed by atoms with Crippen LogP contribution in [0, 0.1) is 0 Å². The molecule has 2 nitrogen and oxygen atoms in total.